The summed E-state index contributed by atoms with van der Waals surface area (Å²) in [6.07, 6.45) is 3.47. The van der Waals surface area contributed by atoms with Crippen molar-refractivity contribution in [3.05, 3.63) is 70.3 Å². The predicted octanol–water partition coefficient (Wildman–Crippen LogP) is 4.26. The third-order valence-electron chi connectivity index (χ3n) is 5.62. The fraction of sp³-hybridized carbons (Fsp3) is 0.292. The van der Waals surface area contributed by atoms with Gasteiger partial charge in [-0.1, -0.05) is 11.6 Å². The number of ether oxygens (including phenoxy) is 1. The number of hydrogen-bond donors (Lipinski definition) is 1. The minimum Gasteiger partial charge on any atom is -0.495 e. The fourth-order valence-electron chi connectivity index (χ4n) is 4.00. The molecule has 172 valence electrons. The first-order valence-corrected chi connectivity index (χ1v) is 11.0. The van der Waals surface area contributed by atoms with Gasteiger partial charge in [-0.3, -0.25) is 9.59 Å². The highest BCUT2D eigenvalue weighted by molar-refractivity contribution is 6.31. The summed E-state index contributed by atoms with van der Waals surface area (Å²) >= 11 is 6.02. The Morgan fingerprint density at radius 2 is 1.91 bits per heavy atom. The number of carbonyl (C=O) groups is 2. The van der Waals surface area contributed by atoms with E-state index in [1.165, 1.54) is 24.1 Å². The van der Waals surface area contributed by atoms with E-state index in [2.05, 4.69) is 10.4 Å². The molecule has 33 heavy (non-hydrogen) atoms. The van der Waals surface area contributed by atoms with Crippen LogP contribution in [0.15, 0.2) is 42.5 Å². The third kappa shape index (κ3) is 4.85. The number of anilines is 1. The van der Waals surface area contributed by atoms with Crippen LogP contribution in [-0.4, -0.2) is 47.2 Å². The van der Waals surface area contributed by atoms with Crippen LogP contribution >= 0.6 is 11.6 Å². The number of aromatic nitrogens is 2. The molecule has 0 aliphatic heterocycles. The van der Waals surface area contributed by atoms with Crippen molar-refractivity contribution in [3.8, 4) is 11.4 Å². The highest BCUT2D eigenvalue weighted by atomic mass is 35.5. The molecule has 9 heteroatoms. The maximum atomic E-state index is 13.4. The summed E-state index contributed by atoms with van der Waals surface area (Å²) in [6, 6.07) is 10.9. The molecule has 1 aromatic heterocycles. The van der Waals surface area contributed by atoms with E-state index in [1.54, 1.807) is 42.1 Å². The van der Waals surface area contributed by atoms with Crippen LogP contribution in [0.5, 0.6) is 5.75 Å². The van der Waals surface area contributed by atoms with E-state index in [4.69, 9.17) is 16.3 Å². The average molecular weight is 471 g/mol. The number of methoxy groups -OCH3 is 1. The summed E-state index contributed by atoms with van der Waals surface area (Å²) in [5.74, 6) is -0.604. The summed E-state index contributed by atoms with van der Waals surface area (Å²) < 4.78 is 20.3. The summed E-state index contributed by atoms with van der Waals surface area (Å²) in [4.78, 5) is 27.2. The lowest BCUT2D eigenvalue weighted by molar-refractivity contribution is -0.116. The van der Waals surface area contributed by atoms with Gasteiger partial charge in [0.25, 0.3) is 5.91 Å². The fourth-order valence-corrected chi connectivity index (χ4v) is 4.17. The van der Waals surface area contributed by atoms with Crippen LogP contribution in [0.4, 0.5) is 10.1 Å². The molecule has 0 saturated heterocycles. The van der Waals surface area contributed by atoms with Crippen molar-refractivity contribution in [2.24, 2.45) is 0 Å². The number of nitrogens with zero attached hydrogens (tertiary/aromatic N) is 3. The molecule has 0 atom stereocenters. The standard InChI is InChI=1S/C24H24ClFN4O3/c1-29(14-22(31)27-19-13-15(25)7-12-21(19)33-2)24(32)23-18-5-3-4-6-20(18)30(28-23)17-10-8-16(26)9-11-17/h7-13H,3-6,14H2,1-2H3,(H,27,31). The van der Waals surface area contributed by atoms with E-state index in [0.29, 0.717) is 27.8 Å². The Balaban J connectivity index is 1.54. The van der Waals surface area contributed by atoms with Crippen molar-refractivity contribution in [1.29, 1.82) is 0 Å². The van der Waals surface area contributed by atoms with E-state index in [-0.39, 0.29) is 18.3 Å². The SMILES string of the molecule is COc1ccc(Cl)cc1NC(=O)CN(C)C(=O)c1nn(-c2ccc(F)cc2)c2c1CCCC2. The molecule has 0 radical (unpaired) electrons. The van der Waals surface area contributed by atoms with Crippen LogP contribution in [-0.2, 0) is 17.6 Å². The van der Waals surface area contributed by atoms with Gasteiger partial charge in [0.2, 0.25) is 5.91 Å². The summed E-state index contributed by atoms with van der Waals surface area (Å²) in [5.41, 5.74) is 3.29. The van der Waals surface area contributed by atoms with Gasteiger partial charge in [0, 0.05) is 23.3 Å². The molecule has 0 spiro atoms. The Morgan fingerprint density at radius 1 is 1.18 bits per heavy atom. The quantitative estimate of drug-likeness (QED) is 0.584. The Bertz CT molecular complexity index is 1190. The number of fused-ring (bicyclic) bond motifs is 1. The van der Waals surface area contributed by atoms with Crippen LogP contribution in [0, 0.1) is 5.82 Å². The van der Waals surface area contributed by atoms with Crippen molar-refractivity contribution in [1.82, 2.24) is 14.7 Å². The topological polar surface area (TPSA) is 76.5 Å². The van der Waals surface area contributed by atoms with Gasteiger partial charge in [-0.25, -0.2) is 9.07 Å². The van der Waals surface area contributed by atoms with Gasteiger partial charge in [-0.2, -0.15) is 5.10 Å². The monoisotopic (exact) mass is 470 g/mol. The zero-order chi connectivity index (χ0) is 23.5. The molecule has 2 aromatic carbocycles. The van der Waals surface area contributed by atoms with Crippen LogP contribution in [0.1, 0.15) is 34.6 Å². The zero-order valence-electron chi connectivity index (χ0n) is 18.4. The summed E-state index contributed by atoms with van der Waals surface area (Å²) in [7, 11) is 3.05. The van der Waals surface area contributed by atoms with Crippen LogP contribution in [0.3, 0.4) is 0 Å². The number of nitrogens with one attached hydrogen (secondary N) is 1. The largest absolute Gasteiger partial charge is 0.495 e. The molecule has 7 nitrogen and oxygen atoms in total. The molecule has 1 aliphatic carbocycles. The molecule has 2 amide bonds. The van der Waals surface area contributed by atoms with E-state index in [1.807, 2.05) is 0 Å². The average Bonchev–Trinajstić information content (AvgIpc) is 3.19. The van der Waals surface area contributed by atoms with Crippen molar-refractivity contribution < 1.29 is 18.7 Å². The molecule has 0 bridgehead atoms. The van der Waals surface area contributed by atoms with Gasteiger partial charge in [-0.15, -0.1) is 0 Å². The molecular formula is C24H24ClFN4O3. The molecular weight excluding hydrogens is 447 g/mol. The minimum atomic E-state index is -0.391. The van der Waals surface area contributed by atoms with Crippen molar-refractivity contribution in [2.45, 2.75) is 25.7 Å². The Kier molecular flexibility index (Phi) is 6.65. The predicted molar refractivity (Wildman–Crippen MR) is 124 cm³/mol. The second-order valence-corrected chi connectivity index (χ2v) is 8.36. The van der Waals surface area contributed by atoms with Gasteiger partial charge in [0.05, 0.1) is 25.0 Å². The highest BCUT2D eigenvalue weighted by Crippen LogP contribution is 2.29. The van der Waals surface area contributed by atoms with Crippen molar-refractivity contribution >= 4 is 29.1 Å². The maximum Gasteiger partial charge on any atom is 0.274 e. The van der Waals surface area contributed by atoms with E-state index >= 15 is 0 Å². The number of likely N-dealkylation sites (N-methyl/N-ethyl adjacent to an activating group) is 1. The van der Waals surface area contributed by atoms with Crippen LogP contribution in [0.2, 0.25) is 5.02 Å². The molecule has 1 heterocycles. The molecule has 1 N–H and O–H groups in total. The first-order valence-electron chi connectivity index (χ1n) is 10.6. The Hall–Kier alpha value is -3.39. The summed E-state index contributed by atoms with van der Waals surface area (Å²) in [5, 5.41) is 7.76. The van der Waals surface area contributed by atoms with Gasteiger partial charge >= 0.3 is 0 Å². The first-order chi connectivity index (χ1) is 15.9. The van der Waals surface area contributed by atoms with Gasteiger partial charge in [0.15, 0.2) is 5.69 Å². The molecule has 1 aliphatic rings. The number of hydrogen-bond acceptors (Lipinski definition) is 4. The number of carbonyl (C=O) groups excluding carboxylic acids is 2. The van der Waals surface area contributed by atoms with Gasteiger partial charge < -0.3 is 15.0 Å². The number of benzene rings is 2. The minimum absolute atomic E-state index is 0.174. The Morgan fingerprint density at radius 3 is 2.64 bits per heavy atom. The smallest absolute Gasteiger partial charge is 0.274 e. The van der Waals surface area contributed by atoms with Crippen LogP contribution < -0.4 is 10.1 Å². The lowest BCUT2D eigenvalue weighted by atomic mass is 9.95. The first kappa shape index (κ1) is 22.8. The van der Waals surface area contributed by atoms with Crippen molar-refractivity contribution in [2.75, 3.05) is 26.0 Å². The number of halogens is 2. The summed E-state index contributed by atoms with van der Waals surface area (Å²) in [6.45, 7) is -0.174. The van der Waals surface area contributed by atoms with Gasteiger partial charge in [0.1, 0.15) is 11.6 Å². The lowest BCUT2D eigenvalue weighted by Crippen LogP contribution is -2.35. The van der Waals surface area contributed by atoms with Gasteiger partial charge in [-0.05, 0) is 68.1 Å². The van der Waals surface area contributed by atoms with Crippen LogP contribution in [0.25, 0.3) is 5.69 Å². The maximum absolute atomic E-state index is 13.4. The zero-order valence-corrected chi connectivity index (χ0v) is 19.2. The van der Waals surface area contributed by atoms with E-state index in [0.717, 1.165) is 36.9 Å². The second-order valence-electron chi connectivity index (χ2n) is 7.92. The van der Waals surface area contributed by atoms with E-state index < -0.39 is 5.91 Å². The van der Waals surface area contributed by atoms with E-state index in [9.17, 15) is 14.0 Å². The third-order valence-corrected chi connectivity index (χ3v) is 5.85. The molecule has 0 fully saturated rings. The second kappa shape index (κ2) is 9.62. The Labute approximate surface area is 196 Å². The molecule has 4 rings (SSSR count). The van der Waals surface area contributed by atoms with Crippen molar-refractivity contribution in [3.63, 3.8) is 0 Å². The number of amides is 2. The lowest BCUT2D eigenvalue weighted by Gasteiger charge is -2.18. The normalized spacial score (nSPS) is 12.7. The molecule has 0 unspecified atom stereocenters. The number of rotatable bonds is 6. The molecule has 3 aromatic rings. The molecule has 0 saturated carbocycles. The highest BCUT2D eigenvalue weighted by Gasteiger charge is 2.28.